The van der Waals surface area contributed by atoms with E-state index < -0.39 is 10.7 Å². The zero-order valence-corrected chi connectivity index (χ0v) is 14.3. The van der Waals surface area contributed by atoms with Gasteiger partial charge in [0.2, 0.25) is 17.5 Å². The Morgan fingerprint density at radius 1 is 0.893 bits per heavy atom. The summed E-state index contributed by atoms with van der Waals surface area (Å²) in [6, 6.07) is 18.7. The molecule has 4 aromatic rings. The lowest BCUT2D eigenvalue weighted by molar-refractivity contribution is -0.385. The van der Waals surface area contributed by atoms with Crippen LogP contribution in [0.4, 0.5) is 10.1 Å². The van der Waals surface area contributed by atoms with Gasteiger partial charge in [-0.3, -0.25) is 10.1 Å². The van der Waals surface area contributed by atoms with E-state index in [1.807, 2.05) is 30.3 Å². The molecule has 0 saturated carbocycles. The van der Waals surface area contributed by atoms with Gasteiger partial charge in [-0.1, -0.05) is 18.2 Å². The normalized spacial score (nSPS) is 10.6. The highest BCUT2D eigenvalue weighted by Gasteiger charge is 2.20. The Hall–Kier alpha value is -4.07. The smallest absolute Gasteiger partial charge is 0.312 e. The number of nitro groups is 1. The summed E-state index contributed by atoms with van der Waals surface area (Å²) in [6.07, 6.45) is 0. The number of aromatic nitrogens is 2. The Balaban J connectivity index is 1.66. The average Bonchev–Trinajstić information content (AvgIpc) is 3.21. The van der Waals surface area contributed by atoms with E-state index >= 15 is 0 Å². The number of hydrogen-bond acceptors (Lipinski definition) is 6. The molecule has 0 saturated heterocycles. The van der Waals surface area contributed by atoms with Gasteiger partial charge in [0.15, 0.2) is 0 Å². The molecule has 8 heteroatoms. The predicted molar refractivity (Wildman–Crippen MR) is 98.3 cm³/mol. The van der Waals surface area contributed by atoms with Crippen molar-refractivity contribution in [1.29, 1.82) is 0 Å². The maximum Gasteiger partial charge on any atom is 0.312 e. The lowest BCUT2D eigenvalue weighted by Crippen LogP contribution is -1.94. The van der Waals surface area contributed by atoms with Crippen LogP contribution in [0.5, 0.6) is 11.5 Å². The summed E-state index contributed by atoms with van der Waals surface area (Å²) in [5, 5.41) is 19.4. The molecule has 0 unspecified atom stereocenters. The molecule has 0 N–H and O–H groups in total. The van der Waals surface area contributed by atoms with Crippen LogP contribution in [-0.2, 0) is 0 Å². The van der Waals surface area contributed by atoms with Gasteiger partial charge in [0.25, 0.3) is 0 Å². The fourth-order valence-corrected chi connectivity index (χ4v) is 2.55. The van der Waals surface area contributed by atoms with Gasteiger partial charge in [-0.25, -0.2) is 4.39 Å². The van der Waals surface area contributed by atoms with E-state index in [9.17, 15) is 14.5 Å². The molecule has 0 fully saturated rings. The van der Waals surface area contributed by atoms with E-state index in [2.05, 4.69) is 10.2 Å². The first-order valence-corrected chi connectivity index (χ1v) is 8.21. The van der Waals surface area contributed by atoms with Crippen LogP contribution in [0.15, 0.2) is 77.2 Å². The Bertz CT molecular complexity index is 1130. The van der Waals surface area contributed by atoms with E-state index in [1.165, 1.54) is 36.4 Å². The molecule has 1 aromatic heterocycles. The minimum atomic E-state index is -0.573. The highest BCUT2D eigenvalue weighted by Crippen LogP contribution is 2.35. The second kappa shape index (κ2) is 7.28. The summed E-state index contributed by atoms with van der Waals surface area (Å²) >= 11 is 0. The molecule has 0 aliphatic heterocycles. The van der Waals surface area contributed by atoms with Crippen molar-refractivity contribution < 1.29 is 18.5 Å². The van der Waals surface area contributed by atoms with Crippen LogP contribution in [-0.4, -0.2) is 15.1 Å². The molecule has 0 aliphatic carbocycles. The van der Waals surface area contributed by atoms with Gasteiger partial charge in [-0.05, 0) is 48.5 Å². The summed E-state index contributed by atoms with van der Waals surface area (Å²) in [7, 11) is 0. The maximum atomic E-state index is 13.0. The third-order valence-electron chi connectivity index (χ3n) is 3.89. The van der Waals surface area contributed by atoms with E-state index in [0.29, 0.717) is 11.5 Å². The average molecular weight is 377 g/mol. The van der Waals surface area contributed by atoms with Crippen LogP contribution < -0.4 is 4.74 Å². The van der Waals surface area contributed by atoms with Crippen molar-refractivity contribution in [2.45, 2.75) is 0 Å². The number of benzene rings is 3. The van der Waals surface area contributed by atoms with E-state index in [0.717, 1.165) is 5.56 Å². The van der Waals surface area contributed by atoms with E-state index in [-0.39, 0.29) is 23.1 Å². The van der Waals surface area contributed by atoms with E-state index in [1.54, 1.807) is 6.07 Å². The molecule has 0 aliphatic rings. The van der Waals surface area contributed by atoms with Crippen molar-refractivity contribution in [3.8, 4) is 34.4 Å². The molecule has 0 amide bonds. The number of hydrogen-bond donors (Lipinski definition) is 0. The first-order chi connectivity index (χ1) is 13.6. The molecule has 0 spiro atoms. The van der Waals surface area contributed by atoms with Crippen molar-refractivity contribution in [3.05, 3.63) is 88.7 Å². The zero-order chi connectivity index (χ0) is 19.5. The van der Waals surface area contributed by atoms with Crippen molar-refractivity contribution in [2.24, 2.45) is 0 Å². The zero-order valence-electron chi connectivity index (χ0n) is 14.3. The van der Waals surface area contributed by atoms with E-state index in [4.69, 9.17) is 9.15 Å². The highest BCUT2D eigenvalue weighted by atomic mass is 19.1. The van der Waals surface area contributed by atoms with Gasteiger partial charge < -0.3 is 9.15 Å². The predicted octanol–water partition coefficient (Wildman–Crippen LogP) is 5.24. The minimum Gasteiger partial charge on any atom is -0.450 e. The molecule has 0 radical (unpaired) electrons. The SMILES string of the molecule is O=[N+]([O-])c1cc(-c2nnc(-c3ccccc3)o2)ccc1Oc1ccc(F)cc1. The number of nitro benzene ring substituents is 1. The van der Waals surface area contributed by atoms with Crippen molar-refractivity contribution >= 4 is 5.69 Å². The molecular weight excluding hydrogens is 365 g/mol. The molecule has 4 rings (SSSR count). The minimum absolute atomic E-state index is 0.0168. The quantitative estimate of drug-likeness (QED) is 0.349. The topological polar surface area (TPSA) is 91.3 Å². The Kier molecular flexibility index (Phi) is 4.51. The van der Waals surface area contributed by atoms with Crippen molar-refractivity contribution in [2.75, 3.05) is 0 Å². The molecule has 0 atom stereocenters. The monoisotopic (exact) mass is 377 g/mol. The molecule has 28 heavy (non-hydrogen) atoms. The Morgan fingerprint density at radius 3 is 2.25 bits per heavy atom. The molecular formula is C20H12FN3O4. The van der Waals surface area contributed by atoms with Crippen molar-refractivity contribution in [3.63, 3.8) is 0 Å². The number of ether oxygens (including phenoxy) is 1. The van der Waals surface area contributed by atoms with Crippen LogP contribution in [0.1, 0.15) is 0 Å². The second-order valence-electron chi connectivity index (χ2n) is 5.77. The summed E-state index contributed by atoms with van der Waals surface area (Å²) in [4.78, 5) is 10.9. The van der Waals surface area contributed by atoms with Gasteiger partial charge in [-0.15, -0.1) is 10.2 Å². The fraction of sp³-hybridized carbons (Fsp3) is 0. The van der Waals surface area contributed by atoms with Crippen LogP contribution in [0.2, 0.25) is 0 Å². The standard InChI is InChI=1S/C20H12FN3O4/c21-15-7-9-16(10-8-15)27-18-11-6-14(12-17(18)24(25)26)20-23-22-19(28-20)13-4-2-1-3-5-13/h1-12H. The summed E-state index contributed by atoms with van der Waals surface area (Å²) in [5.74, 6) is 0.326. The third-order valence-corrected chi connectivity index (χ3v) is 3.89. The number of rotatable bonds is 5. The first kappa shape index (κ1) is 17.3. The highest BCUT2D eigenvalue weighted by molar-refractivity contribution is 5.64. The first-order valence-electron chi connectivity index (χ1n) is 8.21. The lowest BCUT2D eigenvalue weighted by atomic mass is 10.2. The third kappa shape index (κ3) is 3.56. The molecule has 3 aromatic carbocycles. The maximum absolute atomic E-state index is 13.0. The number of halogens is 1. The summed E-state index contributed by atoms with van der Waals surface area (Å²) < 4.78 is 24.2. The summed E-state index contributed by atoms with van der Waals surface area (Å²) in [5.41, 5.74) is 0.848. The van der Waals surface area contributed by atoms with Gasteiger partial charge in [0, 0.05) is 17.2 Å². The van der Waals surface area contributed by atoms with Crippen molar-refractivity contribution in [1.82, 2.24) is 10.2 Å². The van der Waals surface area contributed by atoms with Gasteiger partial charge >= 0.3 is 5.69 Å². The van der Waals surface area contributed by atoms with Crippen LogP contribution in [0.3, 0.4) is 0 Å². The Labute approximate surface area is 158 Å². The van der Waals surface area contributed by atoms with Gasteiger partial charge in [-0.2, -0.15) is 0 Å². The van der Waals surface area contributed by atoms with Gasteiger partial charge in [0.05, 0.1) is 4.92 Å². The molecule has 7 nitrogen and oxygen atoms in total. The summed E-state index contributed by atoms with van der Waals surface area (Å²) in [6.45, 7) is 0. The Morgan fingerprint density at radius 2 is 1.57 bits per heavy atom. The van der Waals surface area contributed by atoms with Gasteiger partial charge in [0.1, 0.15) is 11.6 Å². The number of nitrogens with zero attached hydrogens (tertiary/aromatic N) is 3. The second-order valence-corrected chi connectivity index (χ2v) is 5.77. The fourth-order valence-electron chi connectivity index (χ4n) is 2.55. The van der Waals surface area contributed by atoms with Crippen LogP contribution >= 0.6 is 0 Å². The molecule has 138 valence electrons. The molecule has 0 bridgehead atoms. The van der Waals surface area contributed by atoms with Crippen LogP contribution in [0, 0.1) is 15.9 Å². The lowest BCUT2D eigenvalue weighted by Gasteiger charge is -2.07. The van der Waals surface area contributed by atoms with Crippen LogP contribution in [0.25, 0.3) is 22.9 Å². The molecule has 1 heterocycles. The largest absolute Gasteiger partial charge is 0.450 e.